The molecule has 0 aromatic carbocycles. The summed E-state index contributed by atoms with van der Waals surface area (Å²) < 4.78 is 4.44. The molecule has 0 bridgehead atoms. The number of carbonyl (C=O) groups is 1. The lowest BCUT2D eigenvalue weighted by Crippen LogP contribution is -2.05. The van der Waals surface area contributed by atoms with E-state index in [9.17, 15) is 4.79 Å². The van der Waals surface area contributed by atoms with Gasteiger partial charge in [0.05, 0.1) is 13.2 Å². The Morgan fingerprint density at radius 2 is 1.92 bits per heavy atom. The zero-order valence-electron chi connectivity index (χ0n) is 8.39. The van der Waals surface area contributed by atoms with Gasteiger partial charge in [-0.05, 0) is 17.9 Å². The minimum Gasteiger partial charge on any atom is -0.465 e. The first-order valence-corrected chi connectivity index (χ1v) is 3.89. The Morgan fingerprint density at radius 3 is 2.25 bits per heavy atom. The Balaban J connectivity index is 4.56. The summed E-state index contributed by atoms with van der Waals surface area (Å²) in [7, 11) is 1.35. The average Bonchev–Trinajstić information content (AvgIpc) is 1.97. The van der Waals surface area contributed by atoms with E-state index in [2.05, 4.69) is 31.2 Å². The predicted molar refractivity (Wildman–Crippen MR) is 48.7 cm³/mol. The van der Waals surface area contributed by atoms with Gasteiger partial charge in [-0.25, -0.2) is 4.79 Å². The smallest absolute Gasteiger partial charge is 0.338 e. The fourth-order valence-corrected chi connectivity index (χ4v) is 0.443. The van der Waals surface area contributed by atoms with Crippen molar-refractivity contribution in [2.24, 2.45) is 5.41 Å². The molecule has 0 saturated carbocycles. The molecule has 2 heteroatoms. The van der Waals surface area contributed by atoms with Gasteiger partial charge in [0.25, 0.3) is 0 Å². The van der Waals surface area contributed by atoms with Gasteiger partial charge in [0.15, 0.2) is 0 Å². The third kappa shape index (κ3) is 3.99. The van der Waals surface area contributed by atoms with Gasteiger partial charge >= 0.3 is 5.97 Å². The summed E-state index contributed by atoms with van der Waals surface area (Å²) in [6.07, 6.45) is 1.32. The van der Waals surface area contributed by atoms with Crippen molar-refractivity contribution in [1.82, 2.24) is 0 Å². The molecule has 0 atom stereocenters. The Labute approximate surface area is 73.9 Å². The number of esters is 1. The van der Waals surface area contributed by atoms with Gasteiger partial charge in [0, 0.05) is 0 Å². The summed E-state index contributed by atoms with van der Waals surface area (Å²) >= 11 is 0. The van der Waals surface area contributed by atoms with Crippen LogP contribution in [0.1, 0.15) is 27.7 Å². The Hall–Kier alpha value is -1.01. The van der Waals surface area contributed by atoms with Gasteiger partial charge in [0.2, 0.25) is 0 Å². The van der Waals surface area contributed by atoms with Crippen LogP contribution in [0.5, 0.6) is 0 Å². The van der Waals surface area contributed by atoms with Crippen LogP contribution in [0.3, 0.4) is 0 Å². The fraction of sp³-hybridized carbons (Fsp3) is 0.600. The third-order valence-corrected chi connectivity index (χ3v) is 1.73. The number of carbonyl (C=O) groups excluding carboxylic acids is 1. The summed E-state index contributed by atoms with van der Waals surface area (Å²) in [5.41, 5.74) is 3.99. The highest BCUT2D eigenvalue weighted by atomic mass is 16.5. The maximum atomic E-state index is 10.7. The number of hydrogen-bond donors (Lipinski definition) is 0. The molecular weight excluding hydrogens is 152 g/mol. The molecular formula is C10H16O2. The minimum atomic E-state index is -0.362. The lowest BCUT2D eigenvalue weighted by Gasteiger charge is -2.16. The first kappa shape index (κ1) is 11.0. The van der Waals surface area contributed by atoms with E-state index in [4.69, 9.17) is 0 Å². The highest BCUT2D eigenvalue weighted by molar-refractivity contribution is 5.81. The predicted octanol–water partition coefficient (Wildman–Crippen LogP) is 2.31. The monoisotopic (exact) mass is 168 g/mol. The van der Waals surface area contributed by atoms with Crippen LogP contribution in [0.4, 0.5) is 0 Å². The normalized spacial score (nSPS) is 10.1. The Kier molecular flexibility index (Phi) is 3.78. The van der Waals surface area contributed by atoms with Gasteiger partial charge < -0.3 is 4.74 Å². The van der Waals surface area contributed by atoms with E-state index in [1.807, 2.05) is 6.92 Å². The van der Waals surface area contributed by atoms with E-state index in [-0.39, 0.29) is 11.4 Å². The molecule has 0 aliphatic heterocycles. The largest absolute Gasteiger partial charge is 0.465 e. The second-order valence-electron chi connectivity index (χ2n) is 3.69. The maximum absolute atomic E-state index is 10.7. The van der Waals surface area contributed by atoms with Crippen LogP contribution in [0, 0.1) is 5.41 Å². The molecule has 0 aliphatic carbocycles. The van der Waals surface area contributed by atoms with Crippen molar-refractivity contribution in [3.8, 4) is 0 Å². The van der Waals surface area contributed by atoms with E-state index >= 15 is 0 Å². The van der Waals surface area contributed by atoms with Gasteiger partial charge in [-0.3, -0.25) is 0 Å². The highest BCUT2D eigenvalue weighted by Gasteiger charge is 2.11. The number of rotatable bonds is 1. The van der Waals surface area contributed by atoms with E-state index in [0.717, 1.165) is 5.57 Å². The van der Waals surface area contributed by atoms with Crippen molar-refractivity contribution < 1.29 is 9.53 Å². The van der Waals surface area contributed by atoms with Crippen LogP contribution < -0.4 is 0 Å². The second kappa shape index (κ2) is 4.13. The van der Waals surface area contributed by atoms with Crippen LogP contribution in [-0.2, 0) is 9.53 Å². The molecule has 0 radical (unpaired) electrons. The van der Waals surface area contributed by atoms with Gasteiger partial charge in [-0.1, -0.05) is 20.8 Å². The summed E-state index contributed by atoms with van der Waals surface area (Å²) in [6, 6.07) is 0. The minimum absolute atomic E-state index is 0.0600. The van der Waals surface area contributed by atoms with Crippen molar-refractivity contribution in [1.29, 1.82) is 0 Å². The summed E-state index contributed by atoms with van der Waals surface area (Å²) in [4.78, 5) is 10.7. The number of ether oxygens (including phenoxy) is 1. The summed E-state index contributed by atoms with van der Waals surface area (Å²) in [5.74, 6) is -0.362. The molecule has 0 aromatic heterocycles. The van der Waals surface area contributed by atoms with Crippen LogP contribution in [0.15, 0.2) is 17.4 Å². The van der Waals surface area contributed by atoms with Crippen molar-refractivity contribution in [2.45, 2.75) is 27.7 Å². The van der Waals surface area contributed by atoms with Gasteiger partial charge in [-0.15, -0.1) is 5.73 Å². The molecule has 12 heavy (non-hydrogen) atoms. The molecule has 68 valence electrons. The Morgan fingerprint density at radius 1 is 1.42 bits per heavy atom. The van der Waals surface area contributed by atoms with Crippen LogP contribution >= 0.6 is 0 Å². The molecule has 0 amide bonds. The Bertz CT molecular complexity index is 225. The summed E-state index contributed by atoms with van der Waals surface area (Å²) in [5, 5.41) is 0. The van der Waals surface area contributed by atoms with Crippen molar-refractivity contribution in [3.63, 3.8) is 0 Å². The lowest BCUT2D eigenvalue weighted by atomic mass is 9.88. The van der Waals surface area contributed by atoms with Crippen LogP contribution in [0.2, 0.25) is 0 Å². The molecule has 0 N–H and O–H groups in total. The zero-order chi connectivity index (χ0) is 9.78. The molecule has 0 aliphatic rings. The van der Waals surface area contributed by atoms with Crippen molar-refractivity contribution in [3.05, 3.63) is 17.4 Å². The molecule has 0 rings (SSSR count). The highest BCUT2D eigenvalue weighted by Crippen LogP contribution is 2.22. The van der Waals surface area contributed by atoms with Crippen LogP contribution in [0.25, 0.3) is 0 Å². The molecule has 0 heterocycles. The van der Waals surface area contributed by atoms with E-state index in [0.29, 0.717) is 0 Å². The quantitative estimate of drug-likeness (QED) is 0.341. The van der Waals surface area contributed by atoms with E-state index in [1.165, 1.54) is 13.2 Å². The van der Waals surface area contributed by atoms with Crippen LogP contribution in [-0.4, -0.2) is 13.1 Å². The average molecular weight is 168 g/mol. The van der Waals surface area contributed by atoms with Crippen molar-refractivity contribution in [2.75, 3.05) is 7.11 Å². The number of hydrogen-bond acceptors (Lipinski definition) is 2. The first-order valence-electron chi connectivity index (χ1n) is 3.89. The number of methoxy groups -OCH3 is 1. The zero-order valence-corrected chi connectivity index (χ0v) is 8.39. The third-order valence-electron chi connectivity index (χ3n) is 1.73. The summed E-state index contributed by atoms with van der Waals surface area (Å²) in [6.45, 7) is 8.15. The molecule has 2 nitrogen and oxygen atoms in total. The first-order chi connectivity index (χ1) is 5.38. The van der Waals surface area contributed by atoms with E-state index in [1.54, 1.807) is 0 Å². The fourth-order valence-electron chi connectivity index (χ4n) is 0.443. The molecule has 0 saturated heterocycles. The molecule has 0 spiro atoms. The maximum Gasteiger partial charge on any atom is 0.338 e. The molecule has 0 fully saturated rings. The second-order valence-corrected chi connectivity index (χ2v) is 3.69. The SMILES string of the molecule is COC(=O)C=C=C(C)C(C)(C)C. The standard InChI is InChI=1S/C10H16O2/c1-8(10(2,3)4)6-7-9(11)12-5/h7H,1-5H3. The van der Waals surface area contributed by atoms with Gasteiger partial charge in [-0.2, -0.15) is 0 Å². The van der Waals surface area contributed by atoms with E-state index < -0.39 is 0 Å². The lowest BCUT2D eigenvalue weighted by molar-refractivity contribution is -0.134. The van der Waals surface area contributed by atoms with Crippen molar-refractivity contribution >= 4 is 5.97 Å². The molecule has 0 aromatic rings. The molecule has 0 unspecified atom stereocenters. The van der Waals surface area contributed by atoms with Gasteiger partial charge in [0.1, 0.15) is 0 Å². The topological polar surface area (TPSA) is 26.3 Å².